The van der Waals surface area contributed by atoms with Crippen molar-refractivity contribution in [2.24, 2.45) is 0 Å². The number of nitrogens with one attached hydrogen (secondary N) is 2. The molecular formula is C42H39ClN6O7. The molecule has 56 heavy (non-hydrogen) atoms. The number of rotatable bonds is 16. The summed E-state index contributed by atoms with van der Waals surface area (Å²) in [6.07, 6.45) is 5.45. The third-order valence-electron chi connectivity index (χ3n) is 8.89. The Bertz CT molecular complexity index is 2450. The van der Waals surface area contributed by atoms with Crippen LogP contribution in [0.1, 0.15) is 33.4 Å². The van der Waals surface area contributed by atoms with E-state index in [1.807, 2.05) is 49.4 Å². The lowest BCUT2D eigenvalue weighted by atomic mass is 9.94. The number of aromatic nitrogens is 3. The van der Waals surface area contributed by atoms with Gasteiger partial charge in [0.2, 0.25) is 0 Å². The maximum atomic E-state index is 13.1. The Hall–Kier alpha value is -6.30. The van der Waals surface area contributed by atoms with E-state index >= 15 is 0 Å². The van der Waals surface area contributed by atoms with Gasteiger partial charge in [0.05, 0.1) is 29.4 Å². The molecule has 6 rings (SSSR count). The van der Waals surface area contributed by atoms with Crippen molar-refractivity contribution in [1.29, 1.82) is 5.26 Å². The van der Waals surface area contributed by atoms with Gasteiger partial charge in [-0.2, -0.15) is 5.26 Å². The van der Waals surface area contributed by atoms with Crippen LogP contribution in [0.5, 0.6) is 11.5 Å². The topological polar surface area (TPSA) is 180 Å². The molecule has 0 atom stereocenters. The maximum absolute atomic E-state index is 13.1. The van der Waals surface area contributed by atoms with Gasteiger partial charge in [0, 0.05) is 61.6 Å². The molecule has 1 amide bonds. The number of aliphatic hydroxyl groups is 2. The van der Waals surface area contributed by atoms with Crippen LogP contribution in [0.3, 0.4) is 0 Å². The number of ether oxygens (including phenoxy) is 3. The fraction of sp³-hybridized carbons (Fsp3) is 0.214. The Morgan fingerprint density at radius 1 is 0.857 bits per heavy atom. The van der Waals surface area contributed by atoms with Crippen LogP contribution < -0.4 is 25.7 Å². The summed E-state index contributed by atoms with van der Waals surface area (Å²) < 4.78 is 19.0. The van der Waals surface area contributed by atoms with Gasteiger partial charge in [0.1, 0.15) is 43.0 Å². The van der Waals surface area contributed by atoms with E-state index in [4.69, 9.17) is 30.9 Å². The summed E-state index contributed by atoms with van der Waals surface area (Å²) in [4.78, 5) is 33.4. The van der Waals surface area contributed by atoms with Crippen molar-refractivity contribution in [2.75, 3.05) is 26.3 Å². The van der Waals surface area contributed by atoms with Crippen molar-refractivity contribution in [3.63, 3.8) is 0 Å². The number of nitriles is 1. The highest BCUT2D eigenvalue weighted by Crippen LogP contribution is 2.35. The third kappa shape index (κ3) is 9.67. The van der Waals surface area contributed by atoms with Crippen LogP contribution in [0.2, 0.25) is 5.02 Å². The van der Waals surface area contributed by atoms with E-state index in [-0.39, 0.29) is 50.7 Å². The second-order valence-electron chi connectivity index (χ2n) is 12.7. The molecule has 0 radical (unpaired) electrons. The molecule has 3 aromatic heterocycles. The Kier molecular flexibility index (Phi) is 13.3. The van der Waals surface area contributed by atoms with E-state index in [1.54, 1.807) is 30.6 Å². The lowest BCUT2D eigenvalue weighted by Crippen LogP contribution is -2.28. The zero-order chi connectivity index (χ0) is 39.4. The van der Waals surface area contributed by atoms with Gasteiger partial charge in [0.25, 0.3) is 5.56 Å². The number of carbonyl (C=O) groups is 1. The Labute approximate surface area is 327 Å². The number of amides is 1. The molecule has 0 aliphatic rings. The zero-order valence-electron chi connectivity index (χ0n) is 30.5. The number of aliphatic hydroxyl groups excluding tert-OH is 2. The lowest BCUT2D eigenvalue weighted by Gasteiger charge is -2.17. The Morgan fingerprint density at radius 2 is 1.64 bits per heavy atom. The van der Waals surface area contributed by atoms with Crippen LogP contribution in [0.15, 0.2) is 102 Å². The molecule has 0 aliphatic heterocycles. The van der Waals surface area contributed by atoms with Crippen molar-refractivity contribution in [3.05, 3.63) is 146 Å². The van der Waals surface area contributed by atoms with E-state index in [9.17, 15) is 20.0 Å². The van der Waals surface area contributed by atoms with Crippen LogP contribution in [0.25, 0.3) is 27.9 Å². The summed E-state index contributed by atoms with van der Waals surface area (Å²) in [5, 5.41) is 33.3. The average molecular weight is 775 g/mol. The molecule has 3 aromatic carbocycles. The first-order valence-electron chi connectivity index (χ1n) is 17.7. The van der Waals surface area contributed by atoms with E-state index < -0.39 is 6.09 Å². The Morgan fingerprint density at radius 3 is 2.46 bits per heavy atom. The molecule has 0 aliphatic carbocycles. The van der Waals surface area contributed by atoms with Gasteiger partial charge < -0.3 is 35.1 Å². The van der Waals surface area contributed by atoms with Gasteiger partial charge in [-0.3, -0.25) is 14.2 Å². The molecule has 13 nitrogen and oxygen atoms in total. The van der Waals surface area contributed by atoms with Gasteiger partial charge in [-0.1, -0.05) is 48.0 Å². The summed E-state index contributed by atoms with van der Waals surface area (Å²) in [6.45, 7) is 2.82. The molecule has 0 fully saturated rings. The number of alkyl carbamates (subject to hydrolysis) is 1. The standard InChI is InChI=1S/C42H39ClN6O7/c1-27-33(25-55-39-18-38(34(16-37(39)43)22-45-9-12-50)54-24-29-14-28(19-44)20-46-21-29)6-3-7-36(27)32-5-2-4-30(15-32)31-8-11-49-40(17-31)48-23-35(41(49)52)26-56-42(53)47-10-13-51/h2-8,11,14-18,20-21,23,45,50-51H,9-10,12-13,22,24-26H2,1H3,(H,47,53). The molecule has 0 unspecified atom stereocenters. The van der Waals surface area contributed by atoms with Crippen molar-refractivity contribution >= 4 is 23.3 Å². The summed E-state index contributed by atoms with van der Waals surface area (Å²) in [6, 6.07) is 25.1. The molecule has 0 bridgehead atoms. The number of benzene rings is 3. The van der Waals surface area contributed by atoms with Crippen molar-refractivity contribution in [1.82, 2.24) is 25.0 Å². The quantitative estimate of drug-likeness (QED) is 0.0885. The highest BCUT2D eigenvalue weighted by molar-refractivity contribution is 6.32. The molecule has 0 saturated carbocycles. The number of fused-ring (bicyclic) bond motifs is 1. The highest BCUT2D eigenvalue weighted by Gasteiger charge is 2.15. The smallest absolute Gasteiger partial charge is 0.407 e. The zero-order valence-corrected chi connectivity index (χ0v) is 31.3. The minimum atomic E-state index is -0.735. The fourth-order valence-electron chi connectivity index (χ4n) is 5.97. The minimum absolute atomic E-state index is 0.0142. The first-order chi connectivity index (χ1) is 27.3. The monoisotopic (exact) mass is 774 g/mol. The molecule has 286 valence electrons. The summed E-state index contributed by atoms with van der Waals surface area (Å²) >= 11 is 6.72. The lowest BCUT2D eigenvalue weighted by molar-refractivity contribution is 0.136. The number of halogens is 1. The normalized spacial score (nSPS) is 10.9. The average Bonchev–Trinajstić information content (AvgIpc) is 3.22. The summed E-state index contributed by atoms with van der Waals surface area (Å²) in [7, 11) is 0. The van der Waals surface area contributed by atoms with Crippen LogP contribution in [0, 0.1) is 18.3 Å². The predicted octanol–water partition coefficient (Wildman–Crippen LogP) is 5.72. The second-order valence-corrected chi connectivity index (χ2v) is 13.1. The molecule has 0 saturated heterocycles. The van der Waals surface area contributed by atoms with E-state index in [1.165, 1.54) is 16.8 Å². The number of pyridine rings is 2. The van der Waals surface area contributed by atoms with E-state index in [2.05, 4.69) is 38.8 Å². The number of hydrogen-bond acceptors (Lipinski definition) is 11. The summed E-state index contributed by atoms with van der Waals surface area (Å²) in [5.41, 5.74) is 8.04. The number of hydrogen-bond donors (Lipinski definition) is 4. The minimum Gasteiger partial charge on any atom is -0.488 e. The number of carbonyl (C=O) groups excluding carboxylic acids is 1. The first-order valence-corrected chi connectivity index (χ1v) is 18.1. The SMILES string of the molecule is Cc1c(COc2cc(OCc3cncc(C#N)c3)c(CNCCO)cc2Cl)cccc1-c1cccc(-c2ccn3c(=O)c(COC(=O)NCCO)cnc3c2)c1. The van der Waals surface area contributed by atoms with E-state index in [0.29, 0.717) is 40.8 Å². The van der Waals surface area contributed by atoms with Crippen LogP contribution in [-0.4, -0.2) is 57.0 Å². The van der Waals surface area contributed by atoms with Gasteiger partial charge in [-0.25, -0.2) is 9.78 Å². The van der Waals surface area contributed by atoms with Crippen LogP contribution in [-0.2, 0) is 31.1 Å². The van der Waals surface area contributed by atoms with Gasteiger partial charge in [-0.15, -0.1) is 0 Å². The van der Waals surface area contributed by atoms with Crippen LogP contribution in [0.4, 0.5) is 4.79 Å². The molecule has 0 spiro atoms. The molecule has 3 heterocycles. The first kappa shape index (κ1) is 39.4. The molecular weight excluding hydrogens is 736 g/mol. The van der Waals surface area contributed by atoms with Crippen molar-refractivity contribution < 1.29 is 29.2 Å². The predicted molar refractivity (Wildman–Crippen MR) is 210 cm³/mol. The third-order valence-corrected chi connectivity index (χ3v) is 9.19. The molecule has 14 heteroatoms. The summed E-state index contributed by atoms with van der Waals surface area (Å²) in [5.74, 6) is 0.984. The van der Waals surface area contributed by atoms with Gasteiger partial charge in [0.15, 0.2) is 0 Å². The second kappa shape index (κ2) is 18.8. The highest BCUT2D eigenvalue weighted by atomic mass is 35.5. The fourth-order valence-corrected chi connectivity index (χ4v) is 6.21. The van der Waals surface area contributed by atoms with Gasteiger partial charge in [-0.05, 0) is 70.6 Å². The van der Waals surface area contributed by atoms with Crippen molar-refractivity contribution in [3.8, 4) is 39.8 Å². The molecule has 4 N–H and O–H groups in total. The maximum Gasteiger partial charge on any atom is 0.407 e. The molecule has 6 aromatic rings. The largest absolute Gasteiger partial charge is 0.488 e. The number of nitrogens with zero attached hydrogens (tertiary/aromatic N) is 4. The van der Waals surface area contributed by atoms with Crippen molar-refractivity contribution in [2.45, 2.75) is 33.3 Å². The van der Waals surface area contributed by atoms with Crippen LogP contribution >= 0.6 is 11.6 Å². The van der Waals surface area contributed by atoms with Gasteiger partial charge >= 0.3 is 6.09 Å². The Balaban J connectivity index is 1.19. The van der Waals surface area contributed by atoms with E-state index in [0.717, 1.165) is 44.5 Å².